The zero-order valence-electron chi connectivity index (χ0n) is 16.8. The Morgan fingerprint density at radius 1 is 0.857 bits per heavy atom. The molecule has 1 aliphatic rings. The van der Waals surface area contributed by atoms with Gasteiger partial charge in [0, 0.05) is 32.7 Å². The number of methoxy groups -OCH3 is 3. The highest BCUT2D eigenvalue weighted by Crippen LogP contribution is 2.29. The highest BCUT2D eigenvalue weighted by Gasteiger charge is 2.26. The van der Waals surface area contributed by atoms with Crippen molar-refractivity contribution in [1.29, 1.82) is 0 Å². The summed E-state index contributed by atoms with van der Waals surface area (Å²) in [6.45, 7) is 4.09. The highest BCUT2D eigenvalue weighted by molar-refractivity contribution is 5.99. The number of rotatable bonds is 7. The van der Waals surface area contributed by atoms with Crippen LogP contribution in [0, 0.1) is 0 Å². The van der Waals surface area contributed by atoms with Gasteiger partial charge in [0.25, 0.3) is 5.91 Å². The SMILES string of the molecule is COc1ccc(CCN2CCN(C(=O)c3c(OC)cccc3OC)CC2)cc1. The Hall–Kier alpha value is -2.73. The number of hydrogen-bond acceptors (Lipinski definition) is 5. The molecule has 3 rings (SSSR count). The molecular formula is C22H28N2O4. The first-order valence-corrected chi connectivity index (χ1v) is 9.51. The van der Waals surface area contributed by atoms with E-state index in [1.165, 1.54) is 5.56 Å². The molecule has 0 unspecified atom stereocenters. The van der Waals surface area contributed by atoms with Gasteiger partial charge in [-0.2, -0.15) is 0 Å². The molecule has 1 fully saturated rings. The summed E-state index contributed by atoms with van der Waals surface area (Å²) in [5.41, 5.74) is 1.79. The van der Waals surface area contributed by atoms with Crippen LogP contribution in [0.1, 0.15) is 15.9 Å². The first-order valence-electron chi connectivity index (χ1n) is 9.51. The Labute approximate surface area is 166 Å². The lowest BCUT2D eigenvalue weighted by Gasteiger charge is -2.35. The number of hydrogen-bond donors (Lipinski definition) is 0. The number of piperazine rings is 1. The largest absolute Gasteiger partial charge is 0.497 e. The highest BCUT2D eigenvalue weighted by atomic mass is 16.5. The average molecular weight is 384 g/mol. The van der Waals surface area contributed by atoms with Crippen molar-refractivity contribution >= 4 is 5.91 Å². The molecule has 2 aromatic rings. The summed E-state index contributed by atoms with van der Waals surface area (Å²) in [6, 6.07) is 13.6. The van der Waals surface area contributed by atoms with E-state index in [1.54, 1.807) is 33.5 Å². The number of amides is 1. The minimum atomic E-state index is -0.0379. The number of nitrogens with zero attached hydrogens (tertiary/aromatic N) is 2. The standard InChI is InChI=1S/C22H28N2O4/c1-26-18-9-7-17(8-10-18)11-12-23-13-15-24(16-14-23)22(25)21-19(27-2)5-4-6-20(21)28-3/h4-10H,11-16H2,1-3H3. The molecule has 1 heterocycles. The number of ether oxygens (including phenoxy) is 3. The van der Waals surface area contributed by atoms with Crippen molar-refractivity contribution in [2.45, 2.75) is 6.42 Å². The minimum absolute atomic E-state index is 0.0379. The van der Waals surface area contributed by atoms with E-state index in [0.29, 0.717) is 30.2 Å². The second kappa shape index (κ2) is 9.46. The predicted octanol–water partition coefficient (Wildman–Crippen LogP) is 2.71. The van der Waals surface area contributed by atoms with Gasteiger partial charge in [-0.25, -0.2) is 0 Å². The fraction of sp³-hybridized carbons (Fsp3) is 0.409. The van der Waals surface area contributed by atoms with Gasteiger partial charge in [-0.05, 0) is 36.2 Å². The quantitative estimate of drug-likeness (QED) is 0.735. The van der Waals surface area contributed by atoms with Crippen LogP contribution in [0.15, 0.2) is 42.5 Å². The molecule has 1 aliphatic heterocycles. The summed E-state index contributed by atoms with van der Waals surface area (Å²) in [6.07, 6.45) is 0.984. The Bertz CT molecular complexity index is 761. The number of carbonyl (C=O) groups excluding carboxylic acids is 1. The molecule has 0 spiro atoms. The third-order valence-electron chi connectivity index (χ3n) is 5.18. The van der Waals surface area contributed by atoms with Gasteiger partial charge in [-0.1, -0.05) is 18.2 Å². The molecule has 0 aromatic heterocycles. The lowest BCUT2D eigenvalue weighted by atomic mass is 10.1. The van der Waals surface area contributed by atoms with E-state index in [2.05, 4.69) is 17.0 Å². The van der Waals surface area contributed by atoms with Gasteiger partial charge in [0.1, 0.15) is 22.8 Å². The maximum Gasteiger partial charge on any atom is 0.261 e. The Morgan fingerprint density at radius 3 is 2.00 bits per heavy atom. The summed E-state index contributed by atoms with van der Waals surface area (Å²) in [5, 5.41) is 0. The number of carbonyl (C=O) groups is 1. The number of benzene rings is 2. The molecule has 28 heavy (non-hydrogen) atoms. The van der Waals surface area contributed by atoms with Crippen LogP contribution >= 0.6 is 0 Å². The lowest BCUT2D eigenvalue weighted by molar-refractivity contribution is 0.0632. The van der Waals surface area contributed by atoms with Crippen LogP contribution in [0.4, 0.5) is 0 Å². The topological polar surface area (TPSA) is 51.2 Å². The van der Waals surface area contributed by atoms with Crippen LogP contribution in [0.5, 0.6) is 17.2 Å². The van der Waals surface area contributed by atoms with Crippen LogP contribution < -0.4 is 14.2 Å². The predicted molar refractivity (Wildman–Crippen MR) is 109 cm³/mol. The first kappa shape index (κ1) is 20.0. The second-order valence-electron chi connectivity index (χ2n) is 6.77. The van der Waals surface area contributed by atoms with Crippen LogP contribution in [0.2, 0.25) is 0 Å². The fourth-order valence-electron chi connectivity index (χ4n) is 3.47. The molecule has 6 heteroatoms. The zero-order valence-corrected chi connectivity index (χ0v) is 16.8. The van der Waals surface area contributed by atoms with E-state index in [9.17, 15) is 4.79 Å². The maximum atomic E-state index is 13.0. The molecular weight excluding hydrogens is 356 g/mol. The summed E-state index contributed by atoms with van der Waals surface area (Å²) < 4.78 is 16.0. The smallest absolute Gasteiger partial charge is 0.261 e. The van der Waals surface area contributed by atoms with Crippen molar-refractivity contribution in [3.63, 3.8) is 0 Å². The van der Waals surface area contributed by atoms with E-state index in [0.717, 1.165) is 31.8 Å². The van der Waals surface area contributed by atoms with Crippen LogP contribution in [0.25, 0.3) is 0 Å². The van der Waals surface area contributed by atoms with E-state index in [4.69, 9.17) is 14.2 Å². The Morgan fingerprint density at radius 2 is 1.46 bits per heavy atom. The van der Waals surface area contributed by atoms with Gasteiger partial charge in [-0.15, -0.1) is 0 Å². The molecule has 0 N–H and O–H groups in total. The average Bonchev–Trinajstić information content (AvgIpc) is 2.77. The van der Waals surface area contributed by atoms with Crippen molar-refractivity contribution in [2.75, 3.05) is 54.1 Å². The lowest BCUT2D eigenvalue weighted by Crippen LogP contribution is -2.49. The van der Waals surface area contributed by atoms with E-state index in [-0.39, 0.29) is 5.91 Å². The van der Waals surface area contributed by atoms with Crippen molar-refractivity contribution in [1.82, 2.24) is 9.80 Å². The molecule has 0 aliphatic carbocycles. The van der Waals surface area contributed by atoms with Crippen molar-refractivity contribution in [2.24, 2.45) is 0 Å². The van der Waals surface area contributed by atoms with Gasteiger partial charge < -0.3 is 19.1 Å². The van der Waals surface area contributed by atoms with Crippen molar-refractivity contribution < 1.29 is 19.0 Å². The maximum absolute atomic E-state index is 13.0. The zero-order chi connectivity index (χ0) is 19.9. The van der Waals surface area contributed by atoms with Crippen LogP contribution in [-0.4, -0.2) is 69.8 Å². The van der Waals surface area contributed by atoms with Crippen LogP contribution in [-0.2, 0) is 6.42 Å². The minimum Gasteiger partial charge on any atom is -0.497 e. The normalized spacial score (nSPS) is 14.6. The molecule has 0 bridgehead atoms. The van der Waals surface area contributed by atoms with Gasteiger partial charge >= 0.3 is 0 Å². The van der Waals surface area contributed by atoms with Gasteiger partial charge in [0.15, 0.2) is 0 Å². The van der Waals surface area contributed by atoms with E-state index >= 15 is 0 Å². The van der Waals surface area contributed by atoms with Crippen LogP contribution in [0.3, 0.4) is 0 Å². The molecule has 2 aromatic carbocycles. The summed E-state index contributed by atoms with van der Waals surface area (Å²) in [4.78, 5) is 17.3. The molecule has 0 atom stereocenters. The summed E-state index contributed by atoms with van der Waals surface area (Å²) >= 11 is 0. The van der Waals surface area contributed by atoms with Crippen molar-refractivity contribution in [3.8, 4) is 17.2 Å². The monoisotopic (exact) mass is 384 g/mol. The Kier molecular flexibility index (Phi) is 6.76. The summed E-state index contributed by atoms with van der Waals surface area (Å²) in [5.74, 6) is 1.93. The van der Waals surface area contributed by atoms with Gasteiger partial charge in [0.2, 0.25) is 0 Å². The van der Waals surface area contributed by atoms with E-state index in [1.807, 2.05) is 23.1 Å². The van der Waals surface area contributed by atoms with Gasteiger partial charge in [-0.3, -0.25) is 9.69 Å². The first-order chi connectivity index (χ1) is 13.7. The third-order valence-corrected chi connectivity index (χ3v) is 5.18. The second-order valence-corrected chi connectivity index (χ2v) is 6.77. The van der Waals surface area contributed by atoms with Gasteiger partial charge in [0.05, 0.1) is 21.3 Å². The molecule has 0 radical (unpaired) electrons. The fourth-order valence-corrected chi connectivity index (χ4v) is 3.47. The molecule has 6 nitrogen and oxygen atoms in total. The molecule has 1 saturated heterocycles. The summed E-state index contributed by atoms with van der Waals surface area (Å²) in [7, 11) is 4.82. The third kappa shape index (κ3) is 4.57. The molecule has 0 saturated carbocycles. The molecule has 150 valence electrons. The molecule has 1 amide bonds. The Balaban J connectivity index is 1.55. The van der Waals surface area contributed by atoms with Crippen molar-refractivity contribution in [3.05, 3.63) is 53.6 Å². The van der Waals surface area contributed by atoms with E-state index < -0.39 is 0 Å².